The summed E-state index contributed by atoms with van der Waals surface area (Å²) in [7, 11) is 0. The molecule has 162 valence electrons. The highest BCUT2D eigenvalue weighted by Crippen LogP contribution is 2.41. The lowest BCUT2D eigenvalue weighted by molar-refractivity contribution is 0.0330. The molecule has 0 saturated carbocycles. The number of hydrogen-bond donors (Lipinski definition) is 0. The molecule has 6 nitrogen and oxygen atoms in total. The van der Waals surface area contributed by atoms with Crippen LogP contribution in [0.25, 0.3) is 22.1 Å². The zero-order chi connectivity index (χ0) is 21.2. The molecule has 0 aliphatic carbocycles. The second kappa shape index (κ2) is 9.01. The Morgan fingerprint density at radius 3 is 2.58 bits per heavy atom. The van der Waals surface area contributed by atoms with E-state index in [9.17, 15) is 4.79 Å². The first-order chi connectivity index (χ1) is 15.2. The van der Waals surface area contributed by atoms with Gasteiger partial charge in [-0.1, -0.05) is 41.9 Å². The van der Waals surface area contributed by atoms with E-state index in [0.717, 1.165) is 67.9 Å². The zero-order valence-electron chi connectivity index (χ0n) is 17.3. The number of fused-ring (bicyclic) bond motifs is 3. The average Bonchev–Trinajstić information content (AvgIpc) is 2.80. The molecule has 3 heterocycles. The highest BCUT2D eigenvalue weighted by Gasteiger charge is 2.25. The minimum atomic E-state index is -0.375. The number of hydrogen-bond acceptors (Lipinski definition) is 6. The summed E-state index contributed by atoms with van der Waals surface area (Å²) in [4.78, 5) is 17.1. The van der Waals surface area contributed by atoms with Crippen LogP contribution in [-0.4, -0.2) is 55.9 Å². The van der Waals surface area contributed by atoms with Crippen LogP contribution in [0.1, 0.15) is 12.0 Å². The van der Waals surface area contributed by atoms with E-state index >= 15 is 0 Å². The van der Waals surface area contributed by atoms with E-state index in [0.29, 0.717) is 29.6 Å². The molecule has 2 aromatic carbocycles. The van der Waals surface area contributed by atoms with Crippen molar-refractivity contribution in [1.82, 2.24) is 9.80 Å². The zero-order valence-corrected chi connectivity index (χ0v) is 18.1. The molecule has 0 radical (unpaired) electrons. The van der Waals surface area contributed by atoms with Gasteiger partial charge in [-0.2, -0.15) is 0 Å². The number of rotatable bonds is 5. The molecule has 3 aromatic rings. The number of morpholine rings is 1. The fourth-order valence-electron chi connectivity index (χ4n) is 4.38. The molecule has 0 spiro atoms. The van der Waals surface area contributed by atoms with Gasteiger partial charge in [0.2, 0.25) is 0 Å². The molecule has 2 aliphatic rings. The van der Waals surface area contributed by atoms with E-state index in [2.05, 4.69) is 9.80 Å². The molecule has 0 N–H and O–H groups in total. The summed E-state index contributed by atoms with van der Waals surface area (Å²) < 4.78 is 17.1. The second-order valence-electron chi connectivity index (χ2n) is 8.02. The van der Waals surface area contributed by atoms with Crippen molar-refractivity contribution in [2.75, 3.05) is 46.1 Å². The lowest BCUT2D eigenvalue weighted by Crippen LogP contribution is -2.39. The molecule has 0 amide bonds. The lowest BCUT2D eigenvalue weighted by Gasteiger charge is -2.31. The molecule has 0 bridgehead atoms. The minimum absolute atomic E-state index is 0.375. The molecule has 31 heavy (non-hydrogen) atoms. The van der Waals surface area contributed by atoms with Crippen LogP contribution in [0.5, 0.6) is 5.75 Å². The maximum atomic E-state index is 12.4. The Morgan fingerprint density at radius 1 is 1.00 bits per heavy atom. The van der Waals surface area contributed by atoms with Crippen molar-refractivity contribution in [3.8, 4) is 16.9 Å². The fraction of sp³-hybridized carbons (Fsp3) is 0.375. The third-order valence-corrected chi connectivity index (χ3v) is 6.23. The van der Waals surface area contributed by atoms with Gasteiger partial charge in [0, 0.05) is 37.6 Å². The van der Waals surface area contributed by atoms with Crippen LogP contribution in [0.3, 0.4) is 0 Å². The van der Waals surface area contributed by atoms with Gasteiger partial charge < -0.3 is 13.9 Å². The molecular formula is C24H25ClN2O4. The monoisotopic (exact) mass is 440 g/mol. The van der Waals surface area contributed by atoms with Gasteiger partial charge in [0.05, 0.1) is 23.8 Å². The van der Waals surface area contributed by atoms with Crippen molar-refractivity contribution >= 4 is 22.6 Å². The van der Waals surface area contributed by atoms with Gasteiger partial charge in [-0.05, 0) is 30.2 Å². The Balaban J connectivity index is 1.43. The minimum Gasteiger partial charge on any atom is -0.476 e. The Labute approximate surface area is 185 Å². The van der Waals surface area contributed by atoms with Gasteiger partial charge in [-0.15, -0.1) is 0 Å². The number of nitrogens with zero attached hydrogens (tertiary/aromatic N) is 2. The van der Waals surface area contributed by atoms with Gasteiger partial charge in [0.15, 0.2) is 0 Å². The Hall–Kier alpha value is -2.38. The first kappa shape index (κ1) is 20.5. The summed E-state index contributed by atoms with van der Waals surface area (Å²) in [6, 6.07) is 13.2. The summed E-state index contributed by atoms with van der Waals surface area (Å²) >= 11 is 6.59. The molecule has 1 fully saturated rings. The first-order valence-corrected chi connectivity index (χ1v) is 11.1. The van der Waals surface area contributed by atoms with Crippen molar-refractivity contribution in [3.05, 3.63) is 63.5 Å². The van der Waals surface area contributed by atoms with Crippen LogP contribution in [-0.2, 0) is 11.3 Å². The molecule has 1 aromatic heterocycles. The van der Waals surface area contributed by atoms with Crippen LogP contribution in [0.2, 0.25) is 5.02 Å². The van der Waals surface area contributed by atoms with Crippen molar-refractivity contribution in [2.45, 2.75) is 13.0 Å². The van der Waals surface area contributed by atoms with Gasteiger partial charge in [-0.25, -0.2) is 4.79 Å². The predicted molar refractivity (Wildman–Crippen MR) is 121 cm³/mol. The van der Waals surface area contributed by atoms with Crippen LogP contribution in [0, 0.1) is 0 Å². The molecule has 1 saturated heterocycles. The van der Waals surface area contributed by atoms with E-state index in [1.54, 1.807) is 0 Å². The highest BCUT2D eigenvalue weighted by atomic mass is 35.5. The van der Waals surface area contributed by atoms with Crippen LogP contribution >= 0.6 is 11.6 Å². The highest BCUT2D eigenvalue weighted by molar-refractivity contribution is 6.33. The Bertz CT molecular complexity index is 1130. The smallest absolute Gasteiger partial charge is 0.336 e. The number of halogens is 1. The van der Waals surface area contributed by atoms with Crippen molar-refractivity contribution in [1.29, 1.82) is 0 Å². The van der Waals surface area contributed by atoms with E-state index in [1.165, 1.54) is 6.07 Å². The normalized spacial score (nSPS) is 17.5. The summed E-state index contributed by atoms with van der Waals surface area (Å²) in [6.45, 7) is 6.66. The van der Waals surface area contributed by atoms with E-state index in [1.807, 2.05) is 36.4 Å². The summed E-state index contributed by atoms with van der Waals surface area (Å²) in [5.74, 6) is 0.618. The molecule has 7 heteroatoms. The Kier molecular flexibility index (Phi) is 5.96. The lowest BCUT2D eigenvalue weighted by atomic mass is 9.99. The summed E-state index contributed by atoms with van der Waals surface area (Å²) in [5.41, 5.74) is 2.80. The predicted octanol–water partition coefficient (Wildman–Crippen LogP) is 3.99. The molecule has 0 atom stereocenters. The van der Waals surface area contributed by atoms with Gasteiger partial charge in [0.25, 0.3) is 0 Å². The van der Waals surface area contributed by atoms with Gasteiger partial charge in [-0.3, -0.25) is 9.80 Å². The number of benzene rings is 2. The van der Waals surface area contributed by atoms with Crippen molar-refractivity contribution in [3.63, 3.8) is 0 Å². The van der Waals surface area contributed by atoms with E-state index in [4.69, 9.17) is 25.5 Å². The maximum Gasteiger partial charge on any atom is 0.336 e. The molecule has 2 aliphatic heterocycles. The van der Waals surface area contributed by atoms with Crippen LogP contribution < -0.4 is 10.4 Å². The van der Waals surface area contributed by atoms with E-state index in [-0.39, 0.29) is 5.63 Å². The van der Waals surface area contributed by atoms with Gasteiger partial charge >= 0.3 is 5.63 Å². The average molecular weight is 441 g/mol. The van der Waals surface area contributed by atoms with Gasteiger partial charge in [0.1, 0.15) is 18.1 Å². The third-order valence-electron chi connectivity index (χ3n) is 5.95. The maximum absolute atomic E-state index is 12.4. The molecule has 5 rings (SSSR count). The largest absolute Gasteiger partial charge is 0.476 e. The third kappa shape index (κ3) is 4.34. The quantitative estimate of drug-likeness (QED) is 0.559. The standard InChI is InChI=1S/C24H25ClN2O4/c25-21-13-19-18(17-5-2-1-3-6-17)14-22(28)31-23(19)20-15-27(16-30-24(20)21)8-4-7-26-9-11-29-12-10-26/h1-3,5-6,13-14H,4,7-12,15-16H2. The second-order valence-corrected chi connectivity index (χ2v) is 8.43. The summed E-state index contributed by atoms with van der Waals surface area (Å²) in [5, 5.41) is 1.37. The topological polar surface area (TPSA) is 55.2 Å². The van der Waals surface area contributed by atoms with E-state index < -0.39 is 0 Å². The molecule has 0 unspecified atom stereocenters. The number of ether oxygens (including phenoxy) is 2. The van der Waals surface area contributed by atoms with Crippen molar-refractivity contribution < 1.29 is 13.9 Å². The van der Waals surface area contributed by atoms with Crippen molar-refractivity contribution in [2.24, 2.45) is 0 Å². The SMILES string of the molecule is O=c1cc(-c2ccccc2)c2cc(Cl)c3c(c2o1)CN(CCCN1CCOCC1)CO3. The first-order valence-electron chi connectivity index (χ1n) is 10.7. The molecular weight excluding hydrogens is 416 g/mol. The summed E-state index contributed by atoms with van der Waals surface area (Å²) in [6.07, 6.45) is 1.04. The van der Waals surface area contributed by atoms with Crippen LogP contribution in [0.4, 0.5) is 0 Å². The Morgan fingerprint density at radius 2 is 1.77 bits per heavy atom. The van der Waals surface area contributed by atoms with Crippen LogP contribution in [0.15, 0.2) is 51.7 Å². The fourth-order valence-corrected chi connectivity index (χ4v) is 4.66.